The van der Waals surface area contributed by atoms with Gasteiger partial charge in [-0.3, -0.25) is 19.1 Å². The largest absolute Gasteiger partial charge is 0.462 e. The predicted molar refractivity (Wildman–Crippen MR) is 143 cm³/mol. The number of halogens is 1. The highest BCUT2D eigenvalue weighted by atomic mass is 31.2. The van der Waals surface area contributed by atoms with Crippen LogP contribution >= 0.6 is 8.53 Å². The van der Waals surface area contributed by atoms with Crippen molar-refractivity contribution in [3.05, 3.63) is 59.1 Å². The quantitative estimate of drug-likeness (QED) is 0.195. The Bertz CT molecular complexity index is 1520. The van der Waals surface area contributed by atoms with Gasteiger partial charge in [-0.1, -0.05) is 36.4 Å². The van der Waals surface area contributed by atoms with Crippen LogP contribution in [0.5, 0.6) is 5.75 Å². The maximum absolute atomic E-state index is 15.1. The van der Waals surface area contributed by atoms with Crippen LogP contribution in [0, 0.1) is 0 Å². The Labute approximate surface area is 223 Å². The summed E-state index contributed by atoms with van der Waals surface area (Å²) < 4.78 is 39.7. The van der Waals surface area contributed by atoms with Gasteiger partial charge in [-0.2, -0.15) is 4.98 Å². The average molecular weight is 559 g/mol. The number of imidazole rings is 1. The van der Waals surface area contributed by atoms with E-state index in [0.29, 0.717) is 5.75 Å². The number of H-pyrrole nitrogens is 1. The van der Waals surface area contributed by atoms with E-state index in [1.165, 1.54) is 10.9 Å². The number of aromatic amines is 1. The Morgan fingerprint density at radius 3 is 2.92 bits per heavy atom. The van der Waals surface area contributed by atoms with Crippen LogP contribution in [0.25, 0.3) is 21.9 Å². The molecule has 4 unspecified atom stereocenters. The topological polar surface area (TPSA) is 156 Å². The van der Waals surface area contributed by atoms with Crippen molar-refractivity contribution >= 4 is 42.4 Å². The van der Waals surface area contributed by atoms with Crippen molar-refractivity contribution in [1.29, 1.82) is 0 Å². The number of ether oxygens (including phenoxy) is 2. The van der Waals surface area contributed by atoms with Crippen LogP contribution < -0.4 is 20.9 Å². The van der Waals surface area contributed by atoms with Crippen LogP contribution in [0.4, 0.5) is 10.3 Å². The van der Waals surface area contributed by atoms with Gasteiger partial charge in [0.05, 0.1) is 25.1 Å². The molecule has 0 saturated carbocycles. The van der Waals surface area contributed by atoms with E-state index in [4.69, 9.17) is 24.3 Å². The third-order valence-corrected chi connectivity index (χ3v) is 7.04. The second kappa shape index (κ2) is 11.6. The number of alkyl halides is 1. The summed E-state index contributed by atoms with van der Waals surface area (Å²) in [5.41, 5.74) is 5.28. The van der Waals surface area contributed by atoms with Crippen LogP contribution in [0.1, 0.15) is 26.5 Å². The summed E-state index contributed by atoms with van der Waals surface area (Å²) in [6, 6.07) is 13.3. The highest BCUT2D eigenvalue weighted by molar-refractivity contribution is 7.45. The maximum atomic E-state index is 15.1. The van der Waals surface area contributed by atoms with E-state index in [-0.39, 0.29) is 42.8 Å². The molecule has 1 aliphatic rings. The van der Waals surface area contributed by atoms with Gasteiger partial charge >= 0.3 is 14.5 Å². The number of benzene rings is 2. The summed E-state index contributed by atoms with van der Waals surface area (Å²) in [7, 11) is -1.84. The van der Waals surface area contributed by atoms with Crippen molar-refractivity contribution in [1.82, 2.24) is 24.6 Å². The van der Waals surface area contributed by atoms with Gasteiger partial charge in [0.1, 0.15) is 18.5 Å². The van der Waals surface area contributed by atoms with Crippen molar-refractivity contribution in [2.24, 2.45) is 0 Å². The first-order chi connectivity index (χ1) is 18.8. The van der Waals surface area contributed by atoms with Crippen LogP contribution in [-0.2, 0) is 18.8 Å². The lowest BCUT2D eigenvalue weighted by Crippen LogP contribution is -2.26. The lowest BCUT2D eigenvalue weighted by molar-refractivity contribution is -0.145. The number of hydrogen-bond donors (Lipinski definition) is 3. The molecule has 4 N–H and O–H groups in total. The number of nitrogens with one attached hydrogen (secondary N) is 2. The number of hydrogen-bond acceptors (Lipinski definition) is 10. The van der Waals surface area contributed by atoms with E-state index >= 15 is 4.39 Å². The fourth-order valence-corrected chi connectivity index (χ4v) is 5.34. The normalized spacial score (nSPS) is 20.1. The molecular weight excluding hydrogens is 530 g/mol. The fraction of sp³-hybridized carbons (Fsp3) is 0.360. The highest BCUT2D eigenvalue weighted by Gasteiger charge is 2.38. The highest BCUT2D eigenvalue weighted by Crippen LogP contribution is 2.40. The first-order valence-electron chi connectivity index (χ1n) is 12.3. The number of rotatable bonds is 10. The monoisotopic (exact) mass is 558 g/mol. The third-order valence-electron chi connectivity index (χ3n) is 5.88. The Hall–Kier alpha value is -3.64. The van der Waals surface area contributed by atoms with Gasteiger partial charge in [-0.05, 0) is 25.3 Å². The number of nitrogens with zero attached hydrogens (tertiary/aromatic N) is 3. The Morgan fingerprint density at radius 2 is 2.10 bits per heavy atom. The van der Waals surface area contributed by atoms with Gasteiger partial charge in [0.25, 0.3) is 5.56 Å². The molecule has 0 amide bonds. The molecule has 2 aromatic heterocycles. The zero-order chi connectivity index (χ0) is 27.5. The summed E-state index contributed by atoms with van der Waals surface area (Å²) in [5.74, 6) is -0.00510. The first-order valence-corrected chi connectivity index (χ1v) is 13.5. The molecule has 1 aliphatic heterocycles. The van der Waals surface area contributed by atoms with Gasteiger partial charge in [0, 0.05) is 11.8 Å². The molecule has 0 spiro atoms. The molecule has 0 radical (unpaired) electrons. The maximum Gasteiger partial charge on any atom is 0.320 e. The number of fused-ring (bicyclic) bond motifs is 2. The fourth-order valence-electron chi connectivity index (χ4n) is 4.24. The van der Waals surface area contributed by atoms with Gasteiger partial charge in [-0.25, -0.2) is 14.5 Å². The number of carbonyl (C=O) groups is 1. The smallest absolute Gasteiger partial charge is 0.320 e. The van der Waals surface area contributed by atoms with E-state index < -0.39 is 38.6 Å². The summed E-state index contributed by atoms with van der Waals surface area (Å²) in [4.78, 5) is 34.7. The Morgan fingerprint density at radius 1 is 1.31 bits per heavy atom. The summed E-state index contributed by atoms with van der Waals surface area (Å²) in [6.07, 6.45) is -2.09. The Balaban J connectivity index is 1.29. The van der Waals surface area contributed by atoms with Crippen LogP contribution in [0.2, 0.25) is 0 Å². The van der Waals surface area contributed by atoms with E-state index in [2.05, 4.69) is 20.0 Å². The minimum absolute atomic E-state index is 0.0237. The molecule has 4 aromatic rings. The van der Waals surface area contributed by atoms with Crippen molar-refractivity contribution < 1.29 is 27.7 Å². The lowest BCUT2D eigenvalue weighted by Gasteiger charge is -2.21. The summed E-state index contributed by atoms with van der Waals surface area (Å²) in [6.45, 7) is 3.35. The first kappa shape index (κ1) is 26.9. The second-order valence-electron chi connectivity index (χ2n) is 9.17. The number of nitrogens with two attached hydrogens (primary N) is 1. The molecule has 206 valence electrons. The summed E-state index contributed by atoms with van der Waals surface area (Å²) >= 11 is 0. The molecule has 4 atom stereocenters. The van der Waals surface area contributed by atoms with Gasteiger partial charge in [-0.15, -0.1) is 0 Å². The number of esters is 1. The van der Waals surface area contributed by atoms with E-state index in [1.807, 2.05) is 36.4 Å². The molecule has 14 heteroatoms. The number of carbonyl (C=O) groups excluding carboxylic acids is 1. The number of anilines is 1. The standard InChI is InChI=1S/C25H28FN6O6P/c1-14(2)36-20(33)11-29-39(38-19-9-5-7-15-6-3-4-8-17(15)19)35-12-16-10-18(26)24(37-16)32-13-28-21-22(32)30-25(27)31-23(21)34/h3-9,13-14,16,18,24,29H,10-12H2,1-2H3,(H3,27,30,31,34). The second-order valence-corrected chi connectivity index (χ2v) is 10.4. The average Bonchev–Trinajstić information content (AvgIpc) is 3.48. The molecule has 0 bridgehead atoms. The van der Waals surface area contributed by atoms with Gasteiger partial charge in [0.15, 0.2) is 17.4 Å². The molecule has 0 aliphatic carbocycles. The predicted octanol–water partition coefficient (Wildman–Crippen LogP) is 3.34. The molecule has 3 heterocycles. The lowest BCUT2D eigenvalue weighted by atomic mass is 10.1. The molecule has 1 saturated heterocycles. The summed E-state index contributed by atoms with van der Waals surface area (Å²) in [5, 5.41) is 4.82. The molecule has 12 nitrogen and oxygen atoms in total. The van der Waals surface area contributed by atoms with E-state index in [1.54, 1.807) is 19.9 Å². The van der Waals surface area contributed by atoms with Gasteiger partial charge < -0.3 is 24.3 Å². The molecular formula is C25H28FN6O6P. The van der Waals surface area contributed by atoms with Crippen LogP contribution in [0.3, 0.4) is 0 Å². The SMILES string of the molecule is CC(C)OC(=O)CNP(OCC1CC(F)C(n2cnc3c(=O)[nH]c(N)nc32)O1)Oc1cccc2ccccc12. The number of aromatic nitrogens is 4. The van der Waals surface area contributed by atoms with Crippen molar-refractivity contribution in [2.75, 3.05) is 18.9 Å². The van der Waals surface area contributed by atoms with Crippen molar-refractivity contribution in [3.8, 4) is 5.75 Å². The zero-order valence-electron chi connectivity index (χ0n) is 21.2. The van der Waals surface area contributed by atoms with Crippen LogP contribution in [0.15, 0.2) is 53.6 Å². The Kier molecular flexibility index (Phi) is 8.03. The minimum atomic E-state index is -1.84. The van der Waals surface area contributed by atoms with Crippen LogP contribution in [-0.4, -0.2) is 57.0 Å². The van der Waals surface area contributed by atoms with E-state index in [0.717, 1.165) is 10.8 Å². The molecule has 39 heavy (non-hydrogen) atoms. The molecule has 1 fully saturated rings. The van der Waals surface area contributed by atoms with Gasteiger partial charge in [0.2, 0.25) is 5.95 Å². The van der Waals surface area contributed by atoms with Crippen molar-refractivity contribution in [3.63, 3.8) is 0 Å². The molecule has 5 rings (SSSR count). The zero-order valence-corrected chi connectivity index (χ0v) is 22.1. The minimum Gasteiger partial charge on any atom is -0.462 e. The van der Waals surface area contributed by atoms with E-state index in [9.17, 15) is 9.59 Å². The van der Waals surface area contributed by atoms with Crippen molar-refractivity contribution in [2.45, 2.75) is 44.9 Å². The number of nitrogen functional groups attached to an aromatic ring is 1. The molecule has 2 aromatic carbocycles. The third kappa shape index (κ3) is 6.17.